The molecule has 0 saturated carbocycles. The number of aryl methyl sites for hydroxylation is 1. The van der Waals surface area contributed by atoms with E-state index in [0.717, 1.165) is 30.8 Å². The van der Waals surface area contributed by atoms with Crippen molar-refractivity contribution in [2.45, 2.75) is 26.3 Å². The number of hydrogen-bond acceptors (Lipinski definition) is 8. The van der Waals surface area contributed by atoms with Crippen LogP contribution in [0.4, 0.5) is 11.8 Å². The van der Waals surface area contributed by atoms with Crippen LogP contribution < -0.4 is 21.5 Å². The molecule has 5 N–H and O–H groups in total. The lowest BCUT2D eigenvalue weighted by Crippen LogP contribution is -2.18. The van der Waals surface area contributed by atoms with Gasteiger partial charge in [0.2, 0.25) is 5.95 Å². The minimum atomic E-state index is 0.0969. The summed E-state index contributed by atoms with van der Waals surface area (Å²) in [6.45, 7) is 3.51. The Labute approximate surface area is 152 Å². The van der Waals surface area contributed by atoms with Crippen LogP contribution in [0.1, 0.15) is 23.7 Å². The number of nitrogens with two attached hydrogens (primary N) is 2. The fraction of sp³-hybridized carbons (Fsp3) is 0.333. The van der Waals surface area contributed by atoms with Crippen LogP contribution in [-0.2, 0) is 19.4 Å². The molecule has 0 bridgehead atoms. The number of nitrogens with zero attached hydrogens (tertiary/aromatic N) is 4. The molecule has 0 aliphatic heterocycles. The first-order chi connectivity index (χ1) is 12.6. The van der Waals surface area contributed by atoms with Gasteiger partial charge in [-0.2, -0.15) is 9.97 Å². The summed E-state index contributed by atoms with van der Waals surface area (Å²) in [5.74, 6) is 1.28. The zero-order valence-electron chi connectivity index (χ0n) is 15.0. The fourth-order valence-electron chi connectivity index (χ4n) is 2.75. The number of hydrogen-bond donors (Lipinski definition) is 3. The van der Waals surface area contributed by atoms with Crippen molar-refractivity contribution < 1.29 is 4.74 Å². The van der Waals surface area contributed by atoms with Crippen molar-refractivity contribution in [3.05, 3.63) is 41.2 Å². The molecule has 3 aromatic rings. The summed E-state index contributed by atoms with van der Waals surface area (Å²) in [5, 5.41) is 3.36. The van der Waals surface area contributed by atoms with Crippen LogP contribution in [0.15, 0.2) is 24.4 Å². The Morgan fingerprint density at radius 2 is 2.00 bits per heavy atom. The molecular formula is C18H23N7O. The van der Waals surface area contributed by atoms with E-state index in [4.69, 9.17) is 16.2 Å². The van der Waals surface area contributed by atoms with Crippen LogP contribution in [0.3, 0.4) is 0 Å². The number of methoxy groups -OCH3 is 1. The Hall–Kier alpha value is -3.00. The van der Waals surface area contributed by atoms with E-state index in [1.54, 1.807) is 13.3 Å². The molecule has 1 aromatic carbocycles. The van der Waals surface area contributed by atoms with E-state index in [2.05, 4.69) is 50.4 Å². The fourth-order valence-corrected chi connectivity index (χ4v) is 2.75. The zero-order chi connectivity index (χ0) is 18.5. The molecule has 0 saturated heterocycles. The molecule has 0 spiro atoms. The Bertz CT molecular complexity index is 913. The summed E-state index contributed by atoms with van der Waals surface area (Å²) in [6.07, 6.45) is 3.52. The molecule has 2 heterocycles. The Balaban J connectivity index is 1.59. The first-order valence-corrected chi connectivity index (χ1v) is 8.51. The molecule has 0 radical (unpaired) electrons. The van der Waals surface area contributed by atoms with Gasteiger partial charge < -0.3 is 21.5 Å². The monoisotopic (exact) mass is 353 g/mol. The van der Waals surface area contributed by atoms with Crippen molar-refractivity contribution in [3.8, 4) is 5.75 Å². The van der Waals surface area contributed by atoms with Crippen molar-refractivity contribution in [2.75, 3.05) is 25.1 Å². The molecule has 3 rings (SSSR count). The molecule has 0 atom stereocenters. The van der Waals surface area contributed by atoms with Gasteiger partial charge in [-0.15, -0.1) is 0 Å². The van der Waals surface area contributed by atoms with Crippen LogP contribution in [0.2, 0.25) is 0 Å². The van der Waals surface area contributed by atoms with Gasteiger partial charge in [0.15, 0.2) is 17.0 Å². The van der Waals surface area contributed by atoms with E-state index in [1.165, 1.54) is 11.1 Å². The number of benzene rings is 1. The molecule has 0 fully saturated rings. The topological polar surface area (TPSA) is 125 Å². The molecule has 0 unspecified atom stereocenters. The lowest BCUT2D eigenvalue weighted by Gasteiger charge is -2.10. The van der Waals surface area contributed by atoms with Crippen molar-refractivity contribution in [3.63, 3.8) is 0 Å². The second-order valence-corrected chi connectivity index (χ2v) is 5.93. The molecule has 136 valence electrons. The SMILES string of the molecule is CCc1ccc(CCNCc2cnc3nc(N)nc(N)c3n2)cc1OC. The van der Waals surface area contributed by atoms with E-state index in [1.807, 2.05) is 0 Å². The molecule has 0 aliphatic rings. The second-order valence-electron chi connectivity index (χ2n) is 5.93. The highest BCUT2D eigenvalue weighted by Crippen LogP contribution is 2.21. The van der Waals surface area contributed by atoms with Crippen molar-refractivity contribution in [1.82, 2.24) is 25.3 Å². The summed E-state index contributed by atoms with van der Waals surface area (Å²) in [4.78, 5) is 16.7. The predicted molar refractivity (Wildman–Crippen MR) is 102 cm³/mol. The van der Waals surface area contributed by atoms with Crippen LogP contribution in [0.5, 0.6) is 5.75 Å². The van der Waals surface area contributed by atoms with Gasteiger partial charge in [0, 0.05) is 6.54 Å². The highest BCUT2D eigenvalue weighted by atomic mass is 16.5. The Morgan fingerprint density at radius 3 is 2.77 bits per heavy atom. The Kier molecular flexibility index (Phi) is 5.43. The molecule has 2 aromatic heterocycles. The van der Waals surface area contributed by atoms with Crippen LogP contribution in [-0.4, -0.2) is 33.6 Å². The van der Waals surface area contributed by atoms with Gasteiger partial charge in [0.1, 0.15) is 5.75 Å². The number of nitrogens with one attached hydrogen (secondary N) is 1. The van der Waals surface area contributed by atoms with Crippen molar-refractivity contribution >= 4 is 22.9 Å². The first-order valence-electron chi connectivity index (χ1n) is 8.51. The molecule has 0 aliphatic carbocycles. The van der Waals surface area contributed by atoms with Crippen molar-refractivity contribution in [2.24, 2.45) is 0 Å². The van der Waals surface area contributed by atoms with Gasteiger partial charge in [-0.25, -0.2) is 9.97 Å². The lowest BCUT2D eigenvalue weighted by atomic mass is 10.1. The van der Waals surface area contributed by atoms with Crippen LogP contribution in [0, 0.1) is 0 Å². The largest absolute Gasteiger partial charge is 0.496 e. The van der Waals surface area contributed by atoms with Gasteiger partial charge >= 0.3 is 0 Å². The highest BCUT2D eigenvalue weighted by Gasteiger charge is 2.07. The number of rotatable bonds is 7. The van der Waals surface area contributed by atoms with Gasteiger partial charge in [0.05, 0.1) is 19.0 Å². The molecular weight excluding hydrogens is 330 g/mol. The summed E-state index contributed by atoms with van der Waals surface area (Å²) >= 11 is 0. The number of ether oxygens (including phenoxy) is 1. The van der Waals surface area contributed by atoms with Crippen LogP contribution in [0.25, 0.3) is 11.2 Å². The maximum Gasteiger partial charge on any atom is 0.224 e. The second kappa shape index (κ2) is 7.92. The van der Waals surface area contributed by atoms with Crippen molar-refractivity contribution in [1.29, 1.82) is 0 Å². The summed E-state index contributed by atoms with van der Waals surface area (Å²) in [7, 11) is 1.71. The molecule has 0 amide bonds. The Morgan fingerprint density at radius 1 is 1.15 bits per heavy atom. The van der Waals surface area contributed by atoms with Gasteiger partial charge in [0.25, 0.3) is 0 Å². The molecule has 8 heteroatoms. The number of aromatic nitrogens is 4. The summed E-state index contributed by atoms with van der Waals surface area (Å²) in [5.41, 5.74) is 15.5. The number of anilines is 2. The standard InChI is InChI=1S/C18H23N7O/c1-3-12-5-4-11(8-14(12)26-2)6-7-21-9-13-10-22-17-15(23-13)16(19)24-18(20)25-17/h4-5,8,10,21H,3,6-7,9H2,1-2H3,(H4,19,20,22,24,25). The molecule has 8 nitrogen and oxygen atoms in total. The van der Waals surface area contributed by atoms with Crippen LogP contribution >= 0.6 is 0 Å². The lowest BCUT2D eigenvalue weighted by molar-refractivity contribution is 0.409. The van der Waals surface area contributed by atoms with E-state index in [-0.39, 0.29) is 11.8 Å². The maximum absolute atomic E-state index is 5.84. The normalized spacial score (nSPS) is 11.0. The number of nitrogen functional groups attached to an aromatic ring is 2. The van der Waals surface area contributed by atoms with Gasteiger partial charge in [-0.05, 0) is 36.6 Å². The third-order valence-electron chi connectivity index (χ3n) is 4.13. The van der Waals surface area contributed by atoms with Gasteiger partial charge in [-0.3, -0.25) is 0 Å². The summed E-state index contributed by atoms with van der Waals surface area (Å²) in [6, 6.07) is 6.36. The van der Waals surface area contributed by atoms with E-state index in [0.29, 0.717) is 17.7 Å². The third kappa shape index (κ3) is 3.97. The minimum absolute atomic E-state index is 0.0969. The minimum Gasteiger partial charge on any atom is -0.496 e. The first kappa shape index (κ1) is 17.8. The average molecular weight is 353 g/mol. The zero-order valence-corrected chi connectivity index (χ0v) is 15.0. The average Bonchev–Trinajstić information content (AvgIpc) is 2.65. The quantitative estimate of drug-likeness (QED) is 0.546. The maximum atomic E-state index is 5.84. The van der Waals surface area contributed by atoms with Gasteiger partial charge in [-0.1, -0.05) is 19.1 Å². The highest BCUT2D eigenvalue weighted by molar-refractivity contribution is 5.81. The van der Waals surface area contributed by atoms with E-state index in [9.17, 15) is 0 Å². The smallest absolute Gasteiger partial charge is 0.224 e. The summed E-state index contributed by atoms with van der Waals surface area (Å²) < 4.78 is 5.44. The van der Waals surface area contributed by atoms with E-state index < -0.39 is 0 Å². The predicted octanol–water partition coefficient (Wildman–Crippen LogP) is 1.49. The number of fused-ring (bicyclic) bond motifs is 1. The van der Waals surface area contributed by atoms with E-state index >= 15 is 0 Å². The third-order valence-corrected chi connectivity index (χ3v) is 4.13. The molecule has 26 heavy (non-hydrogen) atoms.